The molecule has 5 fully saturated rings. The number of hydrogen-bond donors (Lipinski definition) is 1. The normalized spacial score (nSPS) is 63.0. The average Bonchev–Trinajstić information content (AvgIpc) is 3.09. The first-order chi connectivity index (χ1) is 13.5. The summed E-state index contributed by atoms with van der Waals surface area (Å²) in [5.74, 6) is 1.31. The Bertz CT molecular complexity index is 715. The fourth-order valence-electron chi connectivity index (χ4n) is 9.59. The smallest absolute Gasteiger partial charge is 0.106 e. The lowest BCUT2D eigenvalue weighted by Gasteiger charge is -2.64. The number of aliphatic hydroxyl groups excluding tert-OH is 1. The summed E-state index contributed by atoms with van der Waals surface area (Å²) in [7, 11) is 7.32. The van der Waals surface area contributed by atoms with E-state index in [1.807, 2.05) is 21.3 Å². The molecule has 7 bridgehead atoms. The van der Waals surface area contributed by atoms with Crippen LogP contribution in [0, 0.1) is 35.0 Å². The van der Waals surface area contributed by atoms with Gasteiger partial charge in [-0.25, -0.2) is 0 Å². The topological polar surface area (TPSA) is 69.5 Å². The Hall–Kier alpha value is -0.530. The maximum Gasteiger partial charge on any atom is 0.106 e. The van der Waals surface area contributed by atoms with Crippen molar-refractivity contribution in [2.75, 3.05) is 28.4 Å². The van der Waals surface area contributed by atoms with Crippen LogP contribution < -0.4 is 0 Å². The van der Waals surface area contributed by atoms with Crippen molar-refractivity contribution >= 4 is 6.21 Å². The van der Waals surface area contributed by atoms with E-state index in [0.717, 1.165) is 32.1 Å². The Morgan fingerprint density at radius 1 is 1.04 bits per heavy atom. The van der Waals surface area contributed by atoms with Gasteiger partial charge in [-0.1, -0.05) is 0 Å². The maximum atomic E-state index is 11.4. The van der Waals surface area contributed by atoms with Gasteiger partial charge in [0.2, 0.25) is 0 Å². The Morgan fingerprint density at radius 2 is 1.86 bits per heavy atom. The first-order valence-electron chi connectivity index (χ1n) is 10.9. The van der Waals surface area contributed by atoms with Crippen LogP contribution in [0.4, 0.5) is 0 Å². The largest absolute Gasteiger partial charge is 0.392 e. The van der Waals surface area contributed by atoms with E-state index in [9.17, 15) is 5.11 Å². The Labute approximate surface area is 167 Å². The van der Waals surface area contributed by atoms with Gasteiger partial charge in [0.1, 0.15) is 5.60 Å². The zero-order valence-corrected chi connectivity index (χ0v) is 17.3. The van der Waals surface area contributed by atoms with Gasteiger partial charge in [0.25, 0.3) is 0 Å². The van der Waals surface area contributed by atoms with Crippen LogP contribution in [0.2, 0.25) is 0 Å². The highest BCUT2D eigenvalue weighted by atomic mass is 16.5. The minimum absolute atomic E-state index is 0.0487. The van der Waals surface area contributed by atoms with Crippen molar-refractivity contribution in [3.8, 4) is 0 Å². The molecule has 6 heteroatoms. The molecule has 6 aliphatic rings. The summed E-state index contributed by atoms with van der Waals surface area (Å²) in [5, 5.41) is 11.4. The van der Waals surface area contributed by atoms with Crippen molar-refractivity contribution in [3.63, 3.8) is 0 Å². The van der Waals surface area contributed by atoms with E-state index in [4.69, 9.17) is 23.9 Å². The van der Waals surface area contributed by atoms with Gasteiger partial charge < -0.3 is 24.1 Å². The highest BCUT2D eigenvalue weighted by molar-refractivity contribution is 5.73. The first-order valence-corrected chi connectivity index (χ1v) is 10.9. The van der Waals surface area contributed by atoms with E-state index in [0.29, 0.717) is 11.8 Å². The molecule has 0 aromatic carbocycles. The summed E-state index contributed by atoms with van der Waals surface area (Å²) in [6, 6.07) is 0.189. The van der Waals surface area contributed by atoms with Gasteiger partial charge >= 0.3 is 0 Å². The highest BCUT2D eigenvalue weighted by Crippen LogP contribution is 2.77. The summed E-state index contributed by atoms with van der Waals surface area (Å²) in [6.45, 7) is 0. The van der Waals surface area contributed by atoms with E-state index in [2.05, 4.69) is 6.21 Å². The minimum atomic E-state index is -0.373. The van der Waals surface area contributed by atoms with Crippen LogP contribution in [0.5, 0.6) is 0 Å². The second-order valence-corrected chi connectivity index (χ2v) is 10.2. The van der Waals surface area contributed by atoms with Gasteiger partial charge in [0, 0.05) is 70.2 Å². The van der Waals surface area contributed by atoms with E-state index in [-0.39, 0.29) is 58.7 Å². The molecule has 0 amide bonds. The molecule has 0 aromatic rings. The van der Waals surface area contributed by atoms with Crippen LogP contribution in [-0.4, -0.2) is 75.3 Å². The van der Waals surface area contributed by atoms with Crippen molar-refractivity contribution < 1.29 is 24.1 Å². The third kappa shape index (κ3) is 1.64. The van der Waals surface area contributed by atoms with Gasteiger partial charge in [-0.2, -0.15) is 0 Å². The van der Waals surface area contributed by atoms with Crippen LogP contribution in [-0.2, 0) is 18.9 Å². The Morgan fingerprint density at radius 3 is 2.54 bits per heavy atom. The molecule has 5 aliphatic carbocycles. The molecule has 0 aromatic heterocycles. The number of aliphatic imine (C=N–C) groups is 1. The lowest BCUT2D eigenvalue weighted by Crippen LogP contribution is -2.72. The number of hydrogen-bond acceptors (Lipinski definition) is 6. The van der Waals surface area contributed by atoms with E-state index < -0.39 is 0 Å². The molecule has 28 heavy (non-hydrogen) atoms. The van der Waals surface area contributed by atoms with Crippen LogP contribution in [0.25, 0.3) is 0 Å². The molecular weight excluding hydrogens is 358 g/mol. The fourth-order valence-corrected chi connectivity index (χ4v) is 9.59. The van der Waals surface area contributed by atoms with Crippen molar-refractivity contribution in [2.24, 2.45) is 40.0 Å². The highest BCUT2D eigenvalue weighted by Gasteiger charge is 2.83. The lowest BCUT2D eigenvalue weighted by molar-refractivity contribution is -0.245. The molecule has 1 spiro atoms. The van der Waals surface area contributed by atoms with Crippen molar-refractivity contribution in [2.45, 2.75) is 67.7 Å². The zero-order chi connectivity index (χ0) is 19.5. The van der Waals surface area contributed by atoms with Gasteiger partial charge in [0.05, 0.1) is 30.0 Å². The number of ether oxygens (including phenoxy) is 4. The van der Waals surface area contributed by atoms with Crippen LogP contribution in [0.1, 0.15) is 32.1 Å². The van der Waals surface area contributed by atoms with E-state index >= 15 is 0 Å². The van der Waals surface area contributed by atoms with Crippen molar-refractivity contribution in [3.05, 3.63) is 0 Å². The molecule has 0 unspecified atom stereocenters. The molecule has 0 radical (unpaired) electrons. The van der Waals surface area contributed by atoms with Crippen LogP contribution in [0.3, 0.4) is 0 Å². The summed E-state index contributed by atoms with van der Waals surface area (Å²) < 4.78 is 24.7. The molecule has 1 heterocycles. The van der Waals surface area contributed by atoms with Crippen molar-refractivity contribution in [1.82, 2.24) is 0 Å². The summed E-state index contributed by atoms with van der Waals surface area (Å²) in [6.07, 6.45) is 6.80. The Balaban J connectivity index is 1.60. The minimum Gasteiger partial charge on any atom is -0.392 e. The average molecular weight is 392 g/mol. The SMILES string of the molecule is CO[C@H]1C[C@@]2(OC)[C@H]3[C@@H](O)[C@@H]1C[C@H]3[C@@]13[C@@H](OC)CC[C@@]4(OC)C=N[C@@H]1[C@@H]2C[C@@H]34. The van der Waals surface area contributed by atoms with Crippen LogP contribution in [0.15, 0.2) is 4.99 Å². The molecule has 1 aliphatic heterocycles. The third-order valence-electron chi connectivity index (χ3n) is 10.3. The maximum absolute atomic E-state index is 11.4. The van der Waals surface area contributed by atoms with E-state index in [1.165, 1.54) is 0 Å². The second-order valence-electron chi connectivity index (χ2n) is 10.2. The molecular formula is C22H33NO5. The Kier molecular flexibility index (Phi) is 3.64. The molecule has 6 nitrogen and oxygen atoms in total. The molecule has 1 N–H and O–H groups in total. The molecule has 156 valence electrons. The molecule has 0 saturated heterocycles. The molecule has 12 atom stereocenters. The number of nitrogens with zero attached hydrogens (tertiary/aromatic N) is 1. The van der Waals surface area contributed by atoms with Gasteiger partial charge in [-0.15, -0.1) is 0 Å². The quantitative estimate of drug-likeness (QED) is 0.790. The number of methoxy groups -OCH3 is 4. The van der Waals surface area contributed by atoms with Crippen molar-refractivity contribution in [1.29, 1.82) is 0 Å². The fraction of sp³-hybridized carbons (Fsp3) is 0.955. The standard InChI is InChI=1S/C22H33NO5/c1-25-14-9-21(28-4)13-8-15-20(27-3)6-5-16(26-2)22(15,19(13)23-10-20)12-7-11(14)18(24)17(12)21/h10-19,24H,5-9H2,1-4H3/t11-,12-,13+,14+,15-,16+,17-,18+,19-,20-,21+,22-/m1/s1. The lowest BCUT2D eigenvalue weighted by atomic mass is 9.46. The predicted molar refractivity (Wildman–Crippen MR) is 102 cm³/mol. The third-order valence-corrected chi connectivity index (χ3v) is 10.3. The summed E-state index contributed by atoms with van der Waals surface area (Å²) in [4.78, 5) is 5.20. The van der Waals surface area contributed by atoms with Gasteiger partial charge in [0.15, 0.2) is 0 Å². The predicted octanol–water partition coefficient (Wildman–Crippen LogP) is 1.69. The van der Waals surface area contributed by atoms with Gasteiger partial charge in [-0.3, -0.25) is 4.99 Å². The number of rotatable bonds is 4. The van der Waals surface area contributed by atoms with Crippen LogP contribution >= 0.6 is 0 Å². The molecule has 6 rings (SSSR count). The number of aliphatic hydroxyl groups is 1. The number of fused-ring (bicyclic) bond motifs is 2. The van der Waals surface area contributed by atoms with Gasteiger partial charge in [-0.05, 0) is 31.6 Å². The first kappa shape index (κ1) is 18.3. The zero-order valence-electron chi connectivity index (χ0n) is 17.3. The second kappa shape index (κ2) is 5.58. The summed E-state index contributed by atoms with van der Waals surface area (Å²) >= 11 is 0. The molecule has 5 saturated carbocycles. The van der Waals surface area contributed by atoms with E-state index in [1.54, 1.807) is 7.11 Å². The summed E-state index contributed by atoms with van der Waals surface area (Å²) in [5.41, 5.74) is -0.727. The monoisotopic (exact) mass is 391 g/mol.